The van der Waals surface area contributed by atoms with E-state index in [1.54, 1.807) is 18.3 Å². The normalized spacial score (nSPS) is 10.6. The van der Waals surface area contributed by atoms with Gasteiger partial charge in [0.05, 0.1) is 12.7 Å². The number of methoxy groups -OCH3 is 1. The lowest BCUT2D eigenvalue weighted by Crippen LogP contribution is -2.35. The van der Waals surface area contributed by atoms with Crippen molar-refractivity contribution in [2.75, 3.05) is 19.4 Å². The Labute approximate surface area is 145 Å². The van der Waals surface area contributed by atoms with E-state index in [1.165, 1.54) is 12.0 Å². The van der Waals surface area contributed by atoms with Gasteiger partial charge in [0, 0.05) is 29.3 Å². The summed E-state index contributed by atoms with van der Waals surface area (Å²) in [4.78, 5) is 29.3. The quantitative estimate of drug-likeness (QED) is 0.553. The lowest BCUT2D eigenvalue weighted by molar-refractivity contribution is -0.141. The van der Waals surface area contributed by atoms with Crippen LogP contribution in [0, 0.1) is 0 Å². The van der Waals surface area contributed by atoms with Gasteiger partial charge in [0.15, 0.2) is 0 Å². The van der Waals surface area contributed by atoms with Gasteiger partial charge in [-0.25, -0.2) is 0 Å². The van der Waals surface area contributed by atoms with Crippen LogP contribution in [0.3, 0.4) is 0 Å². The molecule has 2 aromatic carbocycles. The number of ether oxygens (including phenoxy) is 1. The summed E-state index contributed by atoms with van der Waals surface area (Å²) in [6.07, 6.45) is 1.64. The lowest BCUT2D eigenvalue weighted by atomic mass is 10.1. The van der Waals surface area contributed by atoms with Gasteiger partial charge in [0.2, 0.25) is 0 Å². The van der Waals surface area contributed by atoms with Gasteiger partial charge in [-0.3, -0.25) is 9.59 Å². The molecule has 0 aliphatic carbocycles. The number of benzene rings is 2. The standard InChI is InChI=1S/C19H19N3O3/c1-25-18(23)12-22(11-13-5-3-2-4-6-13)19(24)16-10-21-17-8-7-14(20)9-15(16)17/h2-10,21H,11-12,20H2,1H3. The van der Waals surface area contributed by atoms with Crippen LogP contribution in [0.5, 0.6) is 0 Å². The number of aromatic nitrogens is 1. The molecule has 25 heavy (non-hydrogen) atoms. The molecule has 0 atom stereocenters. The van der Waals surface area contributed by atoms with Crippen LogP contribution in [0.25, 0.3) is 10.9 Å². The van der Waals surface area contributed by atoms with Crippen molar-refractivity contribution in [3.63, 3.8) is 0 Å². The highest BCUT2D eigenvalue weighted by atomic mass is 16.5. The van der Waals surface area contributed by atoms with E-state index in [9.17, 15) is 9.59 Å². The third-order valence-electron chi connectivity index (χ3n) is 3.99. The molecule has 1 aromatic heterocycles. The molecule has 0 saturated carbocycles. The van der Waals surface area contributed by atoms with Gasteiger partial charge in [0.1, 0.15) is 6.54 Å². The summed E-state index contributed by atoms with van der Waals surface area (Å²) in [7, 11) is 1.31. The maximum absolute atomic E-state index is 13.0. The Kier molecular flexibility index (Phi) is 4.70. The van der Waals surface area contributed by atoms with E-state index in [1.807, 2.05) is 36.4 Å². The van der Waals surface area contributed by atoms with Crippen LogP contribution in [0.4, 0.5) is 5.69 Å². The Morgan fingerprint density at radius 3 is 2.64 bits per heavy atom. The second-order valence-electron chi connectivity index (χ2n) is 5.73. The first-order valence-corrected chi connectivity index (χ1v) is 7.85. The van der Waals surface area contributed by atoms with Crippen molar-refractivity contribution in [3.05, 3.63) is 65.9 Å². The molecular weight excluding hydrogens is 318 g/mol. The van der Waals surface area contributed by atoms with E-state index < -0.39 is 5.97 Å². The van der Waals surface area contributed by atoms with E-state index >= 15 is 0 Å². The molecule has 0 spiro atoms. The van der Waals surface area contributed by atoms with Gasteiger partial charge in [-0.15, -0.1) is 0 Å². The Balaban J connectivity index is 1.94. The van der Waals surface area contributed by atoms with Gasteiger partial charge in [0.25, 0.3) is 5.91 Å². The fourth-order valence-corrected chi connectivity index (χ4v) is 2.71. The van der Waals surface area contributed by atoms with E-state index in [2.05, 4.69) is 4.98 Å². The molecule has 0 radical (unpaired) electrons. The van der Waals surface area contributed by atoms with Crippen molar-refractivity contribution < 1.29 is 14.3 Å². The van der Waals surface area contributed by atoms with Crippen molar-refractivity contribution in [1.29, 1.82) is 0 Å². The molecule has 0 aliphatic heterocycles. The highest BCUT2D eigenvalue weighted by Crippen LogP contribution is 2.23. The minimum Gasteiger partial charge on any atom is -0.468 e. The molecule has 6 heteroatoms. The number of hydrogen-bond donors (Lipinski definition) is 2. The maximum Gasteiger partial charge on any atom is 0.325 e. The van der Waals surface area contributed by atoms with Gasteiger partial charge in [-0.2, -0.15) is 0 Å². The highest BCUT2D eigenvalue weighted by molar-refractivity contribution is 6.08. The van der Waals surface area contributed by atoms with E-state index in [4.69, 9.17) is 10.5 Å². The number of rotatable bonds is 5. The molecule has 0 bridgehead atoms. The maximum atomic E-state index is 13.0. The predicted molar refractivity (Wildman–Crippen MR) is 95.9 cm³/mol. The monoisotopic (exact) mass is 337 g/mol. The van der Waals surface area contributed by atoms with Gasteiger partial charge in [-0.05, 0) is 23.8 Å². The first kappa shape index (κ1) is 16.6. The molecule has 0 saturated heterocycles. The number of carbonyl (C=O) groups is 2. The minimum absolute atomic E-state index is 0.126. The second kappa shape index (κ2) is 7.09. The summed E-state index contributed by atoms with van der Waals surface area (Å²) >= 11 is 0. The van der Waals surface area contributed by atoms with Crippen LogP contribution in [0.1, 0.15) is 15.9 Å². The van der Waals surface area contributed by atoms with Gasteiger partial charge < -0.3 is 20.4 Å². The Morgan fingerprint density at radius 1 is 1.16 bits per heavy atom. The van der Waals surface area contributed by atoms with Crippen LogP contribution in [-0.4, -0.2) is 35.4 Å². The Morgan fingerprint density at radius 2 is 1.92 bits per heavy atom. The van der Waals surface area contributed by atoms with Crippen molar-refractivity contribution in [1.82, 2.24) is 9.88 Å². The number of nitrogen functional groups attached to an aromatic ring is 1. The molecule has 1 heterocycles. The number of nitrogens with two attached hydrogens (primary N) is 1. The van der Waals surface area contributed by atoms with Crippen LogP contribution in [0.15, 0.2) is 54.7 Å². The molecule has 3 N–H and O–H groups in total. The number of fused-ring (bicyclic) bond motifs is 1. The largest absolute Gasteiger partial charge is 0.468 e. The zero-order chi connectivity index (χ0) is 17.8. The molecule has 3 rings (SSSR count). The summed E-state index contributed by atoms with van der Waals surface area (Å²) in [6, 6.07) is 14.8. The van der Waals surface area contributed by atoms with Crippen LogP contribution in [-0.2, 0) is 16.1 Å². The number of carbonyl (C=O) groups excluding carboxylic acids is 2. The summed E-state index contributed by atoms with van der Waals surface area (Å²) in [5, 5.41) is 0.730. The van der Waals surface area contributed by atoms with Crippen LogP contribution in [0.2, 0.25) is 0 Å². The number of hydrogen-bond acceptors (Lipinski definition) is 4. The average molecular weight is 337 g/mol. The molecule has 1 amide bonds. The number of H-pyrrole nitrogens is 1. The molecule has 128 valence electrons. The van der Waals surface area contributed by atoms with Gasteiger partial charge >= 0.3 is 5.97 Å². The van der Waals surface area contributed by atoms with Crippen molar-refractivity contribution in [2.24, 2.45) is 0 Å². The summed E-state index contributed by atoms with van der Waals surface area (Å²) in [6.45, 7) is 0.184. The smallest absolute Gasteiger partial charge is 0.325 e. The number of amides is 1. The fourth-order valence-electron chi connectivity index (χ4n) is 2.71. The number of nitrogens with zero attached hydrogens (tertiary/aromatic N) is 1. The Hall–Kier alpha value is -3.28. The summed E-state index contributed by atoms with van der Waals surface area (Å²) in [5.74, 6) is -0.727. The second-order valence-corrected chi connectivity index (χ2v) is 5.73. The molecule has 0 fully saturated rings. The summed E-state index contributed by atoms with van der Waals surface area (Å²) in [5.41, 5.74) is 8.63. The Bertz CT molecular complexity index is 903. The van der Waals surface area contributed by atoms with Crippen molar-refractivity contribution in [3.8, 4) is 0 Å². The number of esters is 1. The zero-order valence-corrected chi connectivity index (χ0v) is 13.9. The number of anilines is 1. The summed E-state index contributed by atoms with van der Waals surface area (Å²) < 4.78 is 4.73. The average Bonchev–Trinajstić information content (AvgIpc) is 3.04. The van der Waals surface area contributed by atoms with Gasteiger partial charge in [-0.1, -0.05) is 30.3 Å². The number of aromatic amines is 1. The van der Waals surface area contributed by atoms with Crippen molar-refractivity contribution >= 4 is 28.5 Å². The van der Waals surface area contributed by atoms with E-state index in [0.29, 0.717) is 17.8 Å². The topological polar surface area (TPSA) is 88.4 Å². The highest BCUT2D eigenvalue weighted by Gasteiger charge is 2.22. The van der Waals surface area contributed by atoms with Crippen molar-refractivity contribution in [2.45, 2.75) is 6.54 Å². The van der Waals surface area contributed by atoms with Crippen LogP contribution < -0.4 is 5.73 Å². The predicted octanol–water partition coefficient (Wildman–Crippen LogP) is 2.57. The number of nitrogens with one attached hydrogen (secondary N) is 1. The minimum atomic E-state index is -0.469. The zero-order valence-electron chi connectivity index (χ0n) is 13.9. The van der Waals surface area contributed by atoms with E-state index in [0.717, 1.165) is 16.5 Å². The fraction of sp³-hybridized carbons (Fsp3) is 0.158. The van der Waals surface area contributed by atoms with Crippen LogP contribution >= 0.6 is 0 Å². The first-order valence-electron chi connectivity index (χ1n) is 7.85. The van der Waals surface area contributed by atoms with E-state index in [-0.39, 0.29) is 12.5 Å². The SMILES string of the molecule is COC(=O)CN(Cc1ccccc1)C(=O)c1c[nH]c2ccc(N)cc12. The molecule has 0 aliphatic rings. The lowest BCUT2D eigenvalue weighted by Gasteiger charge is -2.21. The molecular formula is C19H19N3O3. The molecule has 6 nitrogen and oxygen atoms in total. The molecule has 3 aromatic rings. The first-order chi connectivity index (χ1) is 12.1. The third-order valence-corrected chi connectivity index (χ3v) is 3.99. The molecule has 0 unspecified atom stereocenters. The third kappa shape index (κ3) is 3.63.